The first-order valence-corrected chi connectivity index (χ1v) is 6.70. The molecule has 0 saturated heterocycles. The summed E-state index contributed by atoms with van der Waals surface area (Å²) in [6.45, 7) is 0.381. The Balaban J connectivity index is 2.65. The van der Waals surface area contributed by atoms with Gasteiger partial charge in [-0.3, -0.25) is 0 Å². The van der Waals surface area contributed by atoms with Gasteiger partial charge in [0.05, 0.1) is 5.75 Å². The van der Waals surface area contributed by atoms with Crippen molar-refractivity contribution in [3.05, 3.63) is 17.5 Å². The molecule has 84 valence electrons. The van der Waals surface area contributed by atoms with Crippen molar-refractivity contribution >= 4 is 27.3 Å². The molecule has 15 heavy (non-hydrogen) atoms. The number of rotatable bonds is 4. The quantitative estimate of drug-likeness (QED) is 0.732. The van der Waals surface area contributed by atoms with E-state index in [1.54, 1.807) is 18.0 Å². The van der Waals surface area contributed by atoms with Crippen LogP contribution in [-0.4, -0.2) is 44.0 Å². The molecule has 1 heterocycles. The van der Waals surface area contributed by atoms with Crippen LogP contribution >= 0.6 is 11.6 Å². The number of nitrogens with zero attached hydrogens (tertiary/aromatic N) is 3. The molecule has 0 saturated carbocycles. The van der Waals surface area contributed by atoms with E-state index >= 15 is 0 Å². The molecule has 0 radical (unpaired) electrons. The average Bonchev–Trinajstić information content (AvgIpc) is 2.13. The van der Waals surface area contributed by atoms with Crippen LogP contribution in [0.15, 0.2) is 12.3 Å². The molecule has 0 aromatic carbocycles. The summed E-state index contributed by atoms with van der Waals surface area (Å²) in [5, 5.41) is 0.152. The maximum Gasteiger partial charge on any atom is 0.224 e. The number of aromatic nitrogens is 2. The van der Waals surface area contributed by atoms with Crippen LogP contribution in [-0.2, 0) is 9.84 Å². The second-order valence-corrected chi connectivity index (χ2v) is 5.83. The zero-order chi connectivity index (χ0) is 11.5. The van der Waals surface area contributed by atoms with Gasteiger partial charge in [0.2, 0.25) is 5.28 Å². The van der Waals surface area contributed by atoms with Gasteiger partial charge in [0.25, 0.3) is 0 Å². The van der Waals surface area contributed by atoms with Crippen LogP contribution < -0.4 is 4.90 Å². The van der Waals surface area contributed by atoms with Gasteiger partial charge in [0.1, 0.15) is 15.7 Å². The standard InChI is InChI=1S/C8H12ClN3O2S/c1-12(5-6-15(2,13)14)7-3-4-10-8(9)11-7/h3-4H,5-6H2,1-2H3. The summed E-state index contributed by atoms with van der Waals surface area (Å²) < 4.78 is 21.9. The Kier molecular flexibility index (Phi) is 3.87. The third kappa shape index (κ3) is 4.44. The van der Waals surface area contributed by atoms with Crippen LogP contribution in [0, 0.1) is 0 Å². The monoisotopic (exact) mass is 249 g/mol. The fraction of sp³-hybridized carbons (Fsp3) is 0.500. The number of anilines is 1. The van der Waals surface area contributed by atoms with Crippen molar-refractivity contribution in [2.45, 2.75) is 0 Å². The summed E-state index contributed by atoms with van der Waals surface area (Å²) in [5.74, 6) is 0.698. The van der Waals surface area contributed by atoms with Crippen molar-refractivity contribution in [1.82, 2.24) is 9.97 Å². The number of hydrogen-bond donors (Lipinski definition) is 0. The highest BCUT2D eigenvalue weighted by molar-refractivity contribution is 7.90. The molecule has 0 aliphatic rings. The molecule has 0 bridgehead atoms. The molecule has 0 spiro atoms. The Morgan fingerprint density at radius 2 is 2.20 bits per heavy atom. The van der Waals surface area contributed by atoms with E-state index in [4.69, 9.17) is 11.6 Å². The second-order valence-electron chi connectivity index (χ2n) is 3.24. The minimum absolute atomic E-state index is 0.0884. The lowest BCUT2D eigenvalue weighted by atomic mass is 10.5. The van der Waals surface area contributed by atoms with E-state index in [1.165, 1.54) is 12.5 Å². The van der Waals surface area contributed by atoms with Crippen LogP contribution in [0.25, 0.3) is 0 Å². The molecule has 5 nitrogen and oxygen atoms in total. The van der Waals surface area contributed by atoms with Crippen LogP contribution in [0.3, 0.4) is 0 Å². The van der Waals surface area contributed by atoms with E-state index < -0.39 is 9.84 Å². The van der Waals surface area contributed by atoms with Crippen molar-refractivity contribution in [2.75, 3.05) is 30.5 Å². The van der Waals surface area contributed by atoms with Gasteiger partial charge in [-0.25, -0.2) is 18.4 Å². The van der Waals surface area contributed by atoms with Crippen molar-refractivity contribution in [3.8, 4) is 0 Å². The molecular formula is C8H12ClN3O2S. The van der Waals surface area contributed by atoms with Gasteiger partial charge in [0, 0.05) is 26.0 Å². The molecule has 0 fully saturated rings. The lowest BCUT2D eigenvalue weighted by molar-refractivity contribution is 0.601. The SMILES string of the molecule is CN(CCS(C)(=O)=O)c1ccnc(Cl)n1. The largest absolute Gasteiger partial charge is 0.359 e. The van der Waals surface area contributed by atoms with Gasteiger partial charge in [-0.2, -0.15) is 0 Å². The van der Waals surface area contributed by atoms with Gasteiger partial charge < -0.3 is 4.90 Å². The minimum atomic E-state index is -2.96. The van der Waals surface area contributed by atoms with E-state index in [-0.39, 0.29) is 11.0 Å². The first-order chi connectivity index (χ1) is 6.88. The molecular weight excluding hydrogens is 238 g/mol. The van der Waals surface area contributed by atoms with Crippen LogP contribution in [0.2, 0.25) is 5.28 Å². The first kappa shape index (κ1) is 12.2. The Hall–Kier alpha value is -0.880. The van der Waals surface area contributed by atoms with E-state index in [0.717, 1.165) is 0 Å². The van der Waals surface area contributed by atoms with E-state index in [2.05, 4.69) is 9.97 Å². The molecule has 7 heteroatoms. The van der Waals surface area contributed by atoms with Gasteiger partial charge in [-0.05, 0) is 17.7 Å². The molecule has 0 unspecified atom stereocenters. The van der Waals surface area contributed by atoms with Crippen LogP contribution in [0.1, 0.15) is 0 Å². The maximum absolute atomic E-state index is 10.9. The van der Waals surface area contributed by atoms with Crippen molar-refractivity contribution in [3.63, 3.8) is 0 Å². The summed E-state index contributed by atoms with van der Waals surface area (Å²) in [6, 6.07) is 1.67. The lowest BCUT2D eigenvalue weighted by Gasteiger charge is -2.16. The highest BCUT2D eigenvalue weighted by Gasteiger charge is 2.07. The third-order valence-electron chi connectivity index (χ3n) is 1.80. The molecule has 0 aliphatic heterocycles. The first-order valence-electron chi connectivity index (χ1n) is 4.26. The summed E-state index contributed by atoms with van der Waals surface area (Å²) >= 11 is 5.61. The summed E-state index contributed by atoms with van der Waals surface area (Å²) in [5.41, 5.74) is 0. The normalized spacial score (nSPS) is 11.4. The van der Waals surface area contributed by atoms with Crippen molar-refractivity contribution < 1.29 is 8.42 Å². The average molecular weight is 250 g/mol. The summed E-state index contributed by atoms with van der Waals surface area (Å²) in [6.07, 6.45) is 2.73. The second kappa shape index (κ2) is 4.76. The Bertz CT molecular complexity index is 435. The van der Waals surface area contributed by atoms with E-state index in [1.807, 2.05) is 0 Å². The highest BCUT2D eigenvalue weighted by atomic mass is 35.5. The molecule has 0 atom stereocenters. The molecule has 0 aliphatic carbocycles. The van der Waals surface area contributed by atoms with Gasteiger partial charge in [-0.15, -0.1) is 0 Å². The Morgan fingerprint density at radius 3 is 2.73 bits per heavy atom. The molecule has 1 aromatic rings. The zero-order valence-electron chi connectivity index (χ0n) is 8.51. The van der Waals surface area contributed by atoms with Crippen LogP contribution in [0.4, 0.5) is 5.82 Å². The highest BCUT2D eigenvalue weighted by Crippen LogP contribution is 2.10. The number of halogens is 1. The molecule has 0 N–H and O–H groups in total. The summed E-state index contributed by atoms with van der Waals surface area (Å²) in [7, 11) is -1.20. The third-order valence-corrected chi connectivity index (χ3v) is 2.91. The van der Waals surface area contributed by atoms with Crippen molar-refractivity contribution in [1.29, 1.82) is 0 Å². The lowest BCUT2D eigenvalue weighted by Crippen LogP contribution is -2.25. The van der Waals surface area contributed by atoms with Crippen LogP contribution in [0.5, 0.6) is 0 Å². The smallest absolute Gasteiger partial charge is 0.224 e. The number of sulfone groups is 1. The zero-order valence-corrected chi connectivity index (χ0v) is 10.1. The summed E-state index contributed by atoms with van der Waals surface area (Å²) in [4.78, 5) is 9.42. The molecule has 1 rings (SSSR count). The minimum Gasteiger partial charge on any atom is -0.359 e. The van der Waals surface area contributed by atoms with E-state index in [9.17, 15) is 8.42 Å². The predicted octanol–water partition coefficient (Wildman–Crippen LogP) is 0.611. The fourth-order valence-corrected chi connectivity index (χ4v) is 1.70. The number of hydrogen-bond acceptors (Lipinski definition) is 5. The molecule has 0 amide bonds. The van der Waals surface area contributed by atoms with Crippen molar-refractivity contribution in [2.24, 2.45) is 0 Å². The van der Waals surface area contributed by atoms with E-state index in [0.29, 0.717) is 12.4 Å². The van der Waals surface area contributed by atoms with Gasteiger partial charge >= 0.3 is 0 Å². The topological polar surface area (TPSA) is 63.2 Å². The Labute approximate surface area is 94.0 Å². The predicted molar refractivity (Wildman–Crippen MR) is 60.0 cm³/mol. The molecule has 1 aromatic heterocycles. The van der Waals surface area contributed by atoms with Gasteiger partial charge in [0.15, 0.2) is 0 Å². The maximum atomic E-state index is 10.9. The van der Waals surface area contributed by atoms with Gasteiger partial charge in [-0.1, -0.05) is 0 Å². The fourth-order valence-electron chi connectivity index (χ4n) is 0.956. The Morgan fingerprint density at radius 1 is 1.53 bits per heavy atom.